The Hall–Kier alpha value is -3.01. The van der Waals surface area contributed by atoms with Crippen molar-refractivity contribution in [2.24, 2.45) is 0 Å². The molecule has 20 heavy (non-hydrogen) atoms. The van der Waals surface area contributed by atoms with Crippen molar-refractivity contribution in [3.8, 4) is 6.07 Å². The molecule has 0 saturated heterocycles. The molecule has 1 heterocycles. The number of allylic oxidation sites excluding steroid dienone is 1. The molecule has 7 nitrogen and oxygen atoms in total. The van der Waals surface area contributed by atoms with Gasteiger partial charge in [0.25, 0.3) is 0 Å². The maximum atomic E-state index is 11.8. The number of amides is 3. The molecule has 0 fully saturated rings. The molecule has 2 rings (SSSR count). The van der Waals surface area contributed by atoms with Crippen LogP contribution in [0.4, 0.5) is 15.3 Å². The minimum absolute atomic E-state index is 0.164. The van der Waals surface area contributed by atoms with E-state index < -0.39 is 18.2 Å². The van der Waals surface area contributed by atoms with Gasteiger partial charge in [-0.3, -0.25) is 0 Å². The van der Waals surface area contributed by atoms with Crippen LogP contribution in [0.2, 0.25) is 0 Å². The van der Waals surface area contributed by atoms with Crippen molar-refractivity contribution in [2.45, 2.75) is 13.0 Å². The van der Waals surface area contributed by atoms with Crippen LogP contribution in [0, 0.1) is 11.3 Å². The SMILES string of the molecule is CC1=C(C#N)C(c2cccc(N)c2)N(C(=O)O)C(=O)N1. The molecular formula is C13H12N4O3. The second kappa shape index (κ2) is 4.93. The summed E-state index contributed by atoms with van der Waals surface area (Å²) in [6, 6.07) is 6.61. The summed E-state index contributed by atoms with van der Waals surface area (Å²) < 4.78 is 0. The summed E-state index contributed by atoms with van der Waals surface area (Å²) in [6.07, 6.45) is -1.44. The number of carbonyl (C=O) groups is 2. The smallest absolute Gasteiger partial charge is 0.416 e. The number of hydrogen-bond acceptors (Lipinski definition) is 4. The lowest BCUT2D eigenvalue weighted by Gasteiger charge is -2.32. The highest BCUT2D eigenvalue weighted by Crippen LogP contribution is 2.33. The van der Waals surface area contributed by atoms with Gasteiger partial charge in [-0.05, 0) is 24.6 Å². The van der Waals surface area contributed by atoms with Crippen LogP contribution in [-0.4, -0.2) is 22.1 Å². The summed E-state index contributed by atoms with van der Waals surface area (Å²) in [6.45, 7) is 1.55. The Balaban J connectivity index is 2.64. The van der Waals surface area contributed by atoms with Crippen LogP contribution in [0.15, 0.2) is 35.5 Å². The number of carbonyl (C=O) groups excluding carboxylic acids is 1. The molecule has 0 spiro atoms. The molecule has 1 aromatic rings. The molecule has 0 saturated carbocycles. The number of benzene rings is 1. The Bertz CT molecular complexity index is 660. The first-order chi connectivity index (χ1) is 9.45. The topological polar surface area (TPSA) is 119 Å². The van der Waals surface area contributed by atoms with Crippen molar-refractivity contribution in [3.63, 3.8) is 0 Å². The number of imide groups is 1. The normalized spacial score (nSPS) is 18.5. The number of carboxylic acid groups (broad SMARTS) is 1. The first-order valence-corrected chi connectivity index (χ1v) is 5.75. The number of urea groups is 1. The zero-order chi connectivity index (χ0) is 14.9. The first-order valence-electron chi connectivity index (χ1n) is 5.75. The van der Waals surface area contributed by atoms with Crippen molar-refractivity contribution in [2.75, 3.05) is 5.73 Å². The number of nitrogen functional groups attached to an aromatic ring is 1. The van der Waals surface area contributed by atoms with Crippen molar-refractivity contribution >= 4 is 17.8 Å². The van der Waals surface area contributed by atoms with Gasteiger partial charge >= 0.3 is 12.1 Å². The van der Waals surface area contributed by atoms with Crippen molar-refractivity contribution in [3.05, 3.63) is 41.1 Å². The van der Waals surface area contributed by atoms with Crippen LogP contribution < -0.4 is 11.1 Å². The highest BCUT2D eigenvalue weighted by atomic mass is 16.4. The monoisotopic (exact) mass is 272 g/mol. The lowest BCUT2D eigenvalue weighted by atomic mass is 9.95. The maximum absolute atomic E-state index is 11.8. The Morgan fingerprint density at radius 1 is 1.55 bits per heavy atom. The highest BCUT2D eigenvalue weighted by molar-refractivity contribution is 5.93. The van der Waals surface area contributed by atoms with E-state index in [-0.39, 0.29) is 5.57 Å². The molecule has 0 radical (unpaired) electrons. The molecule has 1 atom stereocenters. The standard InChI is InChI=1S/C13H12N4O3/c1-7-10(6-14)11(8-3-2-4-9(15)5-8)17(13(19)20)12(18)16-7/h2-5,11H,15H2,1H3,(H,16,18)(H,19,20). The van der Waals surface area contributed by atoms with Gasteiger partial charge in [-0.25, -0.2) is 14.5 Å². The Morgan fingerprint density at radius 3 is 2.80 bits per heavy atom. The molecule has 1 aliphatic heterocycles. The fourth-order valence-electron chi connectivity index (χ4n) is 2.13. The molecule has 7 heteroatoms. The second-order valence-corrected chi connectivity index (χ2v) is 4.31. The zero-order valence-corrected chi connectivity index (χ0v) is 10.6. The highest BCUT2D eigenvalue weighted by Gasteiger charge is 2.38. The summed E-state index contributed by atoms with van der Waals surface area (Å²) in [7, 11) is 0. The van der Waals surface area contributed by atoms with E-state index in [1.807, 2.05) is 6.07 Å². The number of nitrogens with two attached hydrogens (primary N) is 1. The van der Waals surface area contributed by atoms with Crippen molar-refractivity contribution in [1.82, 2.24) is 10.2 Å². The number of hydrogen-bond donors (Lipinski definition) is 3. The van der Waals surface area contributed by atoms with E-state index in [0.717, 1.165) is 0 Å². The van der Waals surface area contributed by atoms with E-state index in [4.69, 9.17) is 5.73 Å². The predicted molar refractivity (Wildman–Crippen MR) is 70.3 cm³/mol. The molecule has 1 aliphatic rings. The van der Waals surface area contributed by atoms with Gasteiger partial charge in [-0.15, -0.1) is 0 Å². The minimum Gasteiger partial charge on any atom is -0.465 e. The Morgan fingerprint density at radius 2 is 2.25 bits per heavy atom. The maximum Gasteiger partial charge on any atom is 0.416 e. The van der Waals surface area contributed by atoms with Crippen LogP contribution in [0.1, 0.15) is 18.5 Å². The van der Waals surface area contributed by atoms with Crippen molar-refractivity contribution in [1.29, 1.82) is 5.26 Å². The van der Waals surface area contributed by atoms with Gasteiger partial charge in [-0.2, -0.15) is 5.26 Å². The van der Waals surface area contributed by atoms with Gasteiger partial charge in [0.2, 0.25) is 0 Å². The van der Waals surface area contributed by atoms with Crippen LogP contribution in [-0.2, 0) is 0 Å². The third-order valence-corrected chi connectivity index (χ3v) is 3.00. The van der Waals surface area contributed by atoms with Gasteiger partial charge in [0.15, 0.2) is 0 Å². The van der Waals surface area contributed by atoms with Gasteiger partial charge in [-0.1, -0.05) is 12.1 Å². The molecule has 3 amide bonds. The number of anilines is 1. The third-order valence-electron chi connectivity index (χ3n) is 3.00. The number of rotatable bonds is 1. The van der Waals surface area contributed by atoms with E-state index in [2.05, 4.69) is 5.32 Å². The molecule has 4 N–H and O–H groups in total. The molecule has 0 aromatic heterocycles. The average molecular weight is 272 g/mol. The zero-order valence-electron chi connectivity index (χ0n) is 10.6. The van der Waals surface area contributed by atoms with Crippen molar-refractivity contribution < 1.29 is 14.7 Å². The van der Waals surface area contributed by atoms with Crippen LogP contribution in [0.5, 0.6) is 0 Å². The minimum atomic E-state index is -1.44. The van der Waals surface area contributed by atoms with E-state index in [1.54, 1.807) is 31.2 Å². The molecule has 1 unspecified atom stereocenters. The van der Waals surface area contributed by atoms with E-state index >= 15 is 0 Å². The quantitative estimate of drug-likeness (QED) is 0.673. The summed E-state index contributed by atoms with van der Waals surface area (Å²) in [5.74, 6) is 0. The lowest BCUT2D eigenvalue weighted by Crippen LogP contribution is -2.49. The number of nitrogens with zero attached hydrogens (tertiary/aromatic N) is 2. The molecule has 102 valence electrons. The fraction of sp³-hybridized carbons (Fsp3) is 0.154. The van der Waals surface area contributed by atoms with E-state index in [1.165, 1.54) is 0 Å². The van der Waals surface area contributed by atoms with E-state index in [0.29, 0.717) is 21.8 Å². The van der Waals surface area contributed by atoms with Gasteiger partial charge in [0.1, 0.15) is 6.04 Å². The summed E-state index contributed by atoms with van der Waals surface area (Å²) >= 11 is 0. The molecule has 0 aliphatic carbocycles. The second-order valence-electron chi connectivity index (χ2n) is 4.31. The van der Waals surface area contributed by atoms with Gasteiger partial charge < -0.3 is 16.2 Å². The Kier molecular flexibility index (Phi) is 3.31. The summed E-state index contributed by atoms with van der Waals surface area (Å²) in [5, 5.41) is 20.8. The third kappa shape index (κ3) is 2.14. The number of nitriles is 1. The summed E-state index contributed by atoms with van der Waals surface area (Å²) in [4.78, 5) is 23.7. The van der Waals surface area contributed by atoms with Gasteiger partial charge in [0.05, 0.1) is 11.6 Å². The predicted octanol–water partition coefficient (Wildman–Crippen LogP) is 1.81. The molecular weight excluding hydrogens is 260 g/mol. The lowest BCUT2D eigenvalue weighted by molar-refractivity contribution is 0.136. The molecule has 0 bridgehead atoms. The number of nitrogens with one attached hydrogen (secondary N) is 1. The van der Waals surface area contributed by atoms with Crippen LogP contribution in [0.3, 0.4) is 0 Å². The Labute approximate surface area is 114 Å². The van der Waals surface area contributed by atoms with Crippen LogP contribution in [0.25, 0.3) is 0 Å². The average Bonchev–Trinajstić information content (AvgIpc) is 2.37. The van der Waals surface area contributed by atoms with Crippen LogP contribution >= 0.6 is 0 Å². The fourth-order valence-corrected chi connectivity index (χ4v) is 2.13. The van der Waals surface area contributed by atoms with E-state index in [9.17, 15) is 20.0 Å². The summed E-state index contributed by atoms with van der Waals surface area (Å²) in [5.41, 5.74) is 7.07. The largest absolute Gasteiger partial charge is 0.465 e. The first kappa shape index (κ1) is 13.4. The van der Waals surface area contributed by atoms with Gasteiger partial charge in [0, 0.05) is 11.4 Å². The molecule has 1 aromatic carbocycles.